The minimum atomic E-state index is -4.78. The molecule has 0 amide bonds. The van der Waals surface area contributed by atoms with Crippen molar-refractivity contribution in [3.63, 3.8) is 0 Å². The number of fused-ring (bicyclic) bond motifs is 1. The maximum atomic E-state index is 14.8. The molecule has 4 aromatic rings. The topological polar surface area (TPSA) is 78.8 Å². The largest absolute Gasteiger partial charge is 0.417 e. The van der Waals surface area contributed by atoms with Gasteiger partial charge in [-0.1, -0.05) is 18.2 Å². The first-order valence-corrected chi connectivity index (χ1v) is 12.0. The lowest BCUT2D eigenvalue weighted by Gasteiger charge is -2.22. The summed E-state index contributed by atoms with van der Waals surface area (Å²) in [5.74, 6) is -1.41. The van der Waals surface area contributed by atoms with Crippen LogP contribution in [0, 0.1) is 23.0 Å². The molecule has 10 heteroatoms. The second kappa shape index (κ2) is 9.99. The maximum absolute atomic E-state index is 14.8. The van der Waals surface area contributed by atoms with Crippen LogP contribution in [0.1, 0.15) is 30.4 Å². The van der Waals surface area contributed by atoms with Crippen LogP contribution in [0.3, 0.4) is 0 Å². The first kappa shape index (κ1) is 25.5. The minimum Gasteiger partial charge on any atom is -0.341 e. The van der Waals surface area contributed by atoms with E-state index in [0.29, 0.717) is 35.5 Å². The van der Waals surface area contributed by atoms with Gasteiger partial charge >= 0.3 is 6.18 Å². The summed E-state index contributed by atoms with van der Waals surface area (Å²) >= 11 is 0. The lowest BCUT2D eigenvalue weighted by molar-refractivity contribution is -0.137. The van der Waals surface area contributed by atoms with Crippen molar-refractivity contribution in [3.8, 4) is 28.5 Å². The summed E-state index contributed by atoms with van der Waals surface area (Å²) in [5, 5.41) is 9.45. The molecule has 2 N–H and O–H groups in total. The van der Waals surface area contributed by atoms with Crippen LogP contribution in [0.2, 0.25) is 0 Å². The van der Waals surface area contributed by atoms with Gasteiger partial charge in [-0.3, -0.25) is 0 Å². The number of benzene rings is 3. The predicted molar refractivity (Wildman–Crippen MR) is 134 cm³/mol. The van der Waals surface area contributed by atoms with Gasteiger partial charge in [0.05, 0.1) is 22.3 Å². The molecule has 1 aliphatic rings. The second-order valence-corrected chi connectivity index (χ2v) is 9.25. The number of hydrogen-bond donors (Lipinski definition) is 1. The lowest BCUT2D eigenvalue weighted by atomic mass is 9.95. The molecule has 1 aliphatic heterocycles. The van der Waals surface area contributed by atoms with Gasteiger partial charge in [0.1, 0.15) is 17.7 Å². The van der Waals surface area contributed by atoms with Crippen molar-refractivity contribution in [2.75, 3.05) is 18.0 Å². The molecule has 2 heterocycles. The molecule has 1 unspecified atom stereocenters. The molecular formula is C28H22F5N5. The summed E-state index contributed by atoms with van der Waals surface area (Å²) in [6.45, 7) is 1.26. The van der Waals surface area contributed by atoms with Gasteiger partial charge in [-0.25, -0.2) is 18.7 Å². The van der Waals surface area contributed by atoms with E-state index in [1.807, 2.05) is 4.90 Å². The molecule has 0 radical (unpaired) electrons. The zero-order valence-electron chi connectivity index (χ0n) is 20.1. The van der Waals surface area contributed by atoms with Crippen molar-refractivity contribution in [3.05, 3.63) is 77.4 Å². The third-order valence-electron chi connectivity index (χ3n) is 6.71. The molecule has 3 aromatic carbocycles. The fourth-order valence-corrected chi connectivity index (χ4v) is 4.76. The molecule has 1 fully saturated rings. The summed E-state index contributed by atoms with van der Waals surface area (Å²) in [5.41, 5.74) is 5.20. The lowest BCUT2D eigenvalue weighted by Crippen LogP contribution is -2.28. The number of aromatic nitrogens is 2. The first-order chi connectivity index (χ1) is 18.2. The Morgan fingerprint density at radius 1 is 0.921 bits per heavy atom. The molecule has 0 spiro atoms. The van der Waals surface area contributed by atoms with E-state index in [-0.39, 0.29) is 22.9 Å². The fourth-order valence-electron chi connectivity index (χ4n) is 4.76. The fraction of sp³-hybridized carbons (Fsp3) is 0.250. The highest BCUT2D eigenvalue weighted by atomic mass is 19.4. The van der Waals surface area contributed by atoms with E-state index >= 15 is 0 Å². The quantitative estimate of drug-likeness (QED) is 0.312. The van der Waals surface area contributed by atoms with Gasteiger partial charge in [-0.2, -0.15) is 18.4 Å². The van der Waals surface area contributed by atoms with Crippen LogP contribution in [-0.4, -0.2) is 29.1 Å². The third-order valence-corrected chi connectivity index (χ3v) is 6.71. The molecule has 5 rings (SSSR count). The molecular weight excluding hydrogens is 501 g/mol. The van der Waals surface area contributed by atoms with Gasteiger partial charge < -0.3 is 10.6 Å². The van der Waals surface area contributed by atoms with Gasteiger partial charge in [0, 0.05) is 35.6 Å². The van der Waals surface area contributed by atoms with Gasteiger partial charge in [0.15, 0.2) is 0 Å². The average molecular weight is 524 g/mol. The van der Waals surface area contributed by atoms with E-state index in [2.05, 4.69) is 4.98 Å². The van der Waals surface area contributed by atoms with Crippen molar-refractivity contribution in [1.29, 1.82) is 5.26 Å². The Labute approximate surface area is 215 Å². The Balaban J connectivity index is 1.74. The van der Waals surface area contributed by atoms with Crippen LogP contribution in [0.15, 0.2) is 54.6 Å². The van der Waals surface area contributed by atoms with Crippen LogP contribution in [0.5, 0.6) is 0 Å². The number of nitrogens with zero attached hydrogens (tertiary/aromatic N) is 4. The van der Waals surface area contributed by atoms with Gasteiger partial charge in [0.25, 0.3) is 0 Å². The molecule has 0 saturated carbocycles. The third kappa shape index (κ3) is 4.89. The molecule has 0 aliphatic carbocycles. The number of anilines is 1. The standard InChI is InChI=1S/C28H22F5N5/c29-22-5-1-4-21(28(31,32)33)25(22)16-8-9-24-20(13-16)26(17-6-7-18(15-34)23(30)14-17)37-27(36-24)38-11-2-3-19(35)10-12-38/h1,4-9,13-14,19H,2-3,10-12,35H2. The second-order valence-electron chi connectivity index (χ2n) is 9.25. The number of alkyl halides is 3. The van der Waals surface area contributed by atoms with Gasteiger partial charge in [-0.15, -0.1) is 0 Å². The predicted octanol–water partition coefficient (Wildman–Crippen LogP) is 6.45. The Morgan fingerprint density at radius 2 is 1.71 bits per heavy atom. The molecule has 194 valence electrons. The highest BCUT2D eigenvalue weighted by Crippen LogP contribution is 2.40. The van der Waals surface area contributed by atoms with E-state index in [1.165, 1.54) is 30.3 Å². The van der Waals surface area contributed by atoms with Gasteiger partial charge in [0.2, 0.25) is 5.95 Å². The Hall–Kier alpha value is -4.10. The molecule has 0 bridgehead atoms. The molecule has 1 aromatic heterocycles. The van der Waals surface area contributed by atoms with Crippen molar-refractivity contribution in [2.45, 2.75) is 31.5 Å². The molecule has 38 heavy (non-hydrogen) atoms. The Morgan fingerprint density at radius 3 is 2.45 bits per heavy atom. The van der Waals surface area contributed by atoms with Crippen molar-refractivity contribution in [2.24, 2.45) is 5.73 Å². The number of nitrogens with two attached hydrogens (primary N) is 1. The highest BCUT2D eigenvalue weighted by Gasteiger charge is 2.35. The maximum Gasteiger partial charge on any atom is 0.417 e. The highest BCUT2D eigenvalue weighted by molar-refractivity contribution is 5.96. The summed E-state index contributed by atoms with van der Waals surface area (Å²) in [4.78, 5) is 11.3. The average Bonchev–Trinajstić information content (AvgIpc) is 3.11. The zero-order chi connectivity index (χ0) is 27.0. The van der Waals surface area contributed by atoms with E-state index in [0.717, 1.165) is 43.5 Å². The van der Waals surface area contributed by atoms with E-state index in [1.54, 1.807) is 6.07 Å². The molecule has 1 saturated heterocycles. The normalized spacial score (nSPS) is 16.3. The number of rotatable bonds is 3. The molecule has 5 nitrogen and oxygen atoms in total. The SMILES string of the molecule is N#Cc1ccc(-c2nc(N3CCCC(N)CC3)nc3ccc(-c4c(F)cccc4C(F)(F)F)cc23)cc1F. The van der Waals surface area contributed by atoms with Crippen LogP contribution < -0.4 is 10.6 Å². The smallest absolute Gasteiger partial charge is 0.341 e. The van der Waals surface area contributed by atoms with Crippen LogP contribution in [0.4, 0.5) is 27.9 Å². The number of halogens is 5. The van der Waals surface area contributed by atoms with Crippen LogP contribution >= 0.6 is 0 Å². The number of nitriles is 1. The summed E-state index contributed by atoms with van der Waals surface area (Å²) in [6, 6.07) is 12.9. The van der Waals surface area contributed by atoms with E-state index in [4.69, 9.17) is 16.0 Å². The first-order valence-electron chi connectivity index (χ1n) is 12.0. The van der Waals surface area contributed by atoms with Gasteiger partial charge in [-0.05, 0) is 61.2 Å². The zero-order valence-corrected chi connectivity index (χ0v) is 20.1. The van der Waals surface area contributed by atoms with E-state index in [9.17, 15) is 22.0 Å². The van der Waals surface area contributed by atoms with Crippen molar-refractivity contribution >= 4 is 16.9 Å². The van der Waals surface area contributed by atoms with Crippen molar-refractivity contribution in [1.82, 2.24) is 9.97 Å². The Kier molecular flexibility index (Phi) is 6.71. The summed E-state index contributed by atoms with van der Waals surface area (Å²) in [6.07, 6.45) is -2.37. The monoisotopic (exact) mass is 523 g/mol. The Bertz CT molecular complexity index is 1560. The minimum absolute atomic E-state index is 0.0182. The summed E-state index contributed by atoms with van der Waals surface area (Å²) < 4.78 is 70.6. The molecule has 1 atom stereocenters. The van der Waals surface area contributed by atoms with E-state index < -0.39 is 28.9 Å². The summed E-state index contributed by atoms with van der Waals surface area (Å²) in [7, 11) is 0. The van der Waals surface area contributed by atoms with Crippen molar-refractivity contribution < 1.29 is 22.0 Å². The van der Waals surface area contributed by atoms with Crippen LogP contribution in [-0.2, 0) is 6.18 Å². The van der Waals surface area contributed by atoms with Crippen LogP contribution in [0.25, 0.3) is 33.3 Å². The number of hydrogen-bond acceptors (Lipinski definition) is 5.